The SMILES string of the molecule is CCN(CC(=O)Nc1cc(N)ccc1OC)CC(C)C#N. The van der Waals surface area contributed by atoms with E-state index in [1.807, 2.05) is 18.7 Å². The summed E-state index contributed by atoms with van der Waals surface area (Å²) in [5, 5.41) is 11.6. The van der Waals surface area contributed by atoms with Crippen molar-refractivity contribution in [3.05, 3.63) is 18.2 Å². The molecule has 0 aliphatic heterocycles. The monoisotopic (exact) mass is 290 g/mol. The summed E-state index contributed by atoms with van der Waals surface area (Å²) in [6.07, 6.45) is 0. The van der Waals surface area contributed by atoms with Crippen LogP contribution in [0.4, 0.5) is 11.4 Å². The van der Waals surface area contributed by atoms with Crippen LogP contribution in [0.15, 0.2) is 18.2 Å². The molecule has 0 aliphatic rings. The normalized spacial score (nSPS) is 11.8. The van der Waals surface area contributed by atoms with Gasteiger partial charge in [0.2, 0.25) is 5.91 Å². The number of nitrogens with zero attached hydrogens (tertiary/aromatic N) is 2. The van der Waals surface area contributed by atoms with Crippen LogP contribution in [0.5, 0.6) is 5.75 Å². The minimum atomic E-state index is -0.161. The van der Waals surface area contributed by atoms with E-state index >= 15 is 0 Å². The van der Waals surface area contributed by atoms with Crippen LogP contribution in [0.25, 0.3) is 0 Å². The van der Waals surface area contributed by atoms with E-state index in [9.17, 15) is 4.79 Å². The Morgan fingerprint density at radius 1 is 1.57 bits per heavy atom. The predicted molar refractivity (Wildman–Crippen MR) is 82.9 cm³/mol. The number of methoxy groups -OCH3 is 1. The third kappa shape index (κ3) is 5.32. The van der Waals surface area contributed by atoms with Crippen molar-refractivity contribution in [2.45, 2.75) is 13.8 Å². The second-order valence-corrected chi connectivity index (χ2v) is 4.87. The standard InChI is InChI=1S/C15H22N4O2/c1-4-19(9-11(2)8-16)10-15(20)18-13-7-12(17)5-6-14(13)21-3/h5-7,11H,4,9-10,17H2,1-3H3,(H,18,20). The van der Waals surface area contributed by atoms with Crippen molar-refractivity contribution in [3.8, 4) is 11.8 Å². The number of carbonyl (C=O) groups excluding carboxylic acids is 1. The molecule has 0 bridgehead atoms. The molecule has 3 N–H and O–H groups in total. The van der Waals surface area contributed by atoms with E-state index < -0.39 is 0 Å². The molecular formula is C15H22N4O2. The molecule has 0 fully saturated rings. The van der Waals surface area contributed by atoms with Gasteiger partial charge in [0.15, 0.2) is 0 Å². The van der Waals surface area contributed by atoms with Gasteiger partial charge in [0, 0.05) is 12.2 Å². The first-order valence-corrected chi connectivity index (χ1v) is 6.85. The molecule has 114 valence electrons. The summed E-state index contributed by atoms with van der Waals surface area (Å²) in [4.78, 5) is 14.0. The summed E-state index contributed by atoms with van der Waals surface area (Å²) < 4.78 is 5.19. The van der Waals surface area contributed by atoms with Gasteiger partial charge in [-0.2, -0.15) is 5.26 Å². The molecule has 0 spiro atoms. The number of carbonyl (C=O) groups is 1. The van der Waals surface area contributed by atoms with Crippen LogP contribution < -0.4 is 15.8 Å². The van der Waals surface area contributed by atoms with Gasteiger partial charge < -0.3 is 15.8 Å². The minimum absolute atomic E-state index is 0.111. The Hall–Kier alpha value is -2.26. The number of anilines is 2. The quantitative estimate of drug-likeness (QED) is 0.746. The molecule has 6 heteroatoms. The van der Waals surface area contributed by atoms with E-state index in [2.05, 4.69) is 11.4 Å². The summed E-state index contributed by atoms with van der Waals surface area (Å²) in [5.41, 5.74) is 6.82. The Labute approximate surface area is 125 Å². The fourth-order valence-corrected chi connectivity index (χ4v) is 1.95. The van der Waals surface area contributed by atoms with E-state index in [1.165, 1.54) is 7.11 Å². The number of hydrogen-bond donors (Lipinski definition) is 2. The third-order valence-electron chi connectivity index (χ3n) is 3.06. The van der Waals surface area contributed by atoms with Crippen molar-refractivity contribution in [3.63, 3.8) is 0 Å². The maximum Gasteiger partial charge on any atom is 0.238 e. The van der Waals surface area contributed by atoms with Crippen molar-refractivity contribution >= 4 is 17.3 Å². The van der Waals surface area contributed by atoms with Crippen LogP contribution in [0.1, 0.15) is 13.8 Å². The van der Waals surface area contributed by atoms with E-state index in [1.54, 1.807) is 18.2 Å². The highest BCUT2D eigenvalue weighted by Gasteiger charge is 2.14. The molecule has 1 aromatic rings. The molecule has 0 saturated heterocycles. The summed E-state index contributed by atoms with van der Waals surface area (Å²) in [7, 11) is 1.54. The lowest BCUT2D eigenvalue weighted by Crippen LogP contribution is -2.35. The van der Waals surface area contributed by atoms with Crippen LogP contribution in [-0.2, 0) is 4.79 Å². The van der Waals surface area contributed by atoms with Gasteiger partial charge in [-0.1, -0.05) is 6.92 Å². The Morgan fingerprint density at radius 3 is 2.86 bits per heavy atom. The first kappa shape index (κ1) is 16.8. The van der Waals surface area contributed by atoms with Gasteiger partial charge in [-0.3, -0.25) is 9.69 Å². The van der Waals surface area contributed by atoms with Crippen LogP contribution in [0.2, 0.25) is 0 Å². The summed E-state index contributed by atoms with van der Waals surface area (Å²) in [6.45, 7) is 5.28. The summed E-state index contributed by atoms with van der Waals surface area (Å²) >= 11 is 0. The molecule has 1 amide bonds. The second-order valence-electron chi connectivity index (χ2n) is 4.87. The van der Waals surface area contributed by atoms with Gasteiger partial charge >= 0.3 is 0 Å². The third-order valence-corrected chi connectivity index (χ3v) is 3.06. The molecule has 0 radical (unpaired) electrons. The summed E-state index contributed by atoms with van der Waals surface area (Å²) in [5.74, 6) is 0.288. The molecular weight excluding hydrogens is 268 g/mol. The molecule has 0 aromatic heterocycles. The van der Waals surface area contributed by atoms with Crippen molar-refractivity contribution in [1.82, 2.24) is 4.90 Å². The van der Waals surface area contributed by atoms with Gasteiger partial charge in [-0.15, -0.1) is 0 Å². The number of ether oxygens (including phenoxy) is 1. The maximum atomic E-state index is 12.1. The topological polar surface area (TPSA) is 91.4 Å². The second kappa shape index (κ2) is 8.12. The fraction of sp³-hybridized carbons (Fsp3) is 0.467. The Kier molecular flexibility index (Phi) is 6.50. The van der Waals surface area contributed by atoms with E-state index in [0.717, 1.165) is 0 Å². The van der Waals surface area contributed by atoms with Gasteiger partial charge in [-0.25, -0.2) is 0 Å². The molecule has 1 atom stereocenters. The molecule has 0 heterocycles. The van der Waals surface area contributed by atoms with E-state index in [-0.39, 0.29) is 18.4 Å². The number of nitriles is 1. The number of amides is 1. The van der Waals surface area contributed by atoms with Crippen molar-refractivity contribution in [1.29, 1.82) is 5.26 Å². The Balaban J connectivity index is 2.68. The lowest BCUT2D eigenvalue weighted by molar-refractivity contribution is -0.117. The molecule has 1 unspecified atom stereocenters. The molecule has 6 nitrogen and oxygen atoms in total. The number of likely N-dealkylation sites (N-methyl/N-ethyl adjacent to an activating group) is 1. The Morgan fingerprint density at radius 2 is 2.29 bits per heavy atom. The number of benzene rings is 1. The molecule has 0 aliphatic carbocycles. The van der Waals surface area contributed by atoms with Crippen LogP contribution in [0.3, 0.4) is 0 Å². The predicted octanol–water partition coefficient (Wildman–Crippen LogP) is 1.70. The van der Waals surface area contributed by atoms with Gasteiger partial charge in [0.25, 0.3) is 0 Å². The zero-order valence-electron chi connectivity index (χ0n) is 12.7. The highest BCUT2D eigenvalue weighted by Crippen LogP contribution is 2.26. The lowest BCUT2D eigenvalue weighted by Gasteiger charge is -2.21. The first-order valence-electron chi connectivity index (χ1n) is 6.85. The van der Waals surface area contributed by atoms with Gasteiger partial charge in [0.1, 0.15) is 5.75 Å². The minimum Gasteiger partial charge on any atom is -0.495 e. The Bertz CT molecular complexity index is 525. The molecule has 1 rings (SSSR count). The average molecular weight is 290 g/mol. The highest BCUT2D eigenvalue weighted by atomic mass is 16.5. The average Bonchev–Trinajstić information content (AvgIpc) is 2.46. The van der Waals surface area contributed by atoms with Crippen LogP contribution >= 0.6 is 0 Å². The van der Waals surface area contributed by atoms with Crippen molar-refractivity contribution in [2.24, 2.45) is 5.92 Å². The van der Waals surface area contributed by atoms with Gasteiger partial charge in [0.05, 0.1) is 31.3 Å². The van der Waals surface area contributed by atoms with Crippen molar-refractivity contribution in [2.75, 3.05) is 37.8 Å². The highest BCUT2D eigenvalue weighted by molar-refractivity contribution is 5.94. The van der Waals surface area contributed by atoms with Crippen molar-refractivity contribution < 1.29 is 9.53 Å². The van der Waals surface area contributed by atoms with E-state index in [0.29, 0.717) is 30.2 Å². The molecule has 0 saturated carbocycles. The largest absolute Gasteiger partial charge is 0.495 e. The number of rotatable bonds is 7. The fourth-order valence-electron chi connectivity index (χ4n) is 1.95. The number of nitrogens with one attached hydrogen (secondary N) is 1. The van der Waals surface area contributed by atoms with Crippen LogP contribution in [-0.4, -0.2) is 37.6 Å². The number of nitrogen functional groups attached to an aromatic ring is 1. The zero-order valence-corrected chi connectivity index (χ0v) is 12.7. The van der Waals surface area contributed by atoms with Gasteiger partial charge in [-0.05, 0) is 31.7 Å². The smallest absolute Gasteiger partial charge is 0.238 e. The maximum absolute atomic E-state index is 12.1. The summed E-state index contributed by atoms with van der Waals surface area (Å²) in [6, 6.07) is 7.24. The van der Waals surface area contributed by atoms with E-state index in [4.69, 9.17) is 15.7 Å². The zero-order chi connectivity index (χ0) is 15.8. The number of nitrogens with two attached hydrogens (primary N) is 1. The molecule has 21 heavy (non-hydrogen) atoms. The molecule has 1 aromatic carbocycles. The van der Waals surface area contributed by atoms with Crippen LogP contribution in [0, 0.1) is 17.2 Å². The lowest BCUT2D eigenvalue weighted by atomic mass is 10.2. The first-order chi connectivity index (χ1) is 9.99. The number of hydrogen-bond acceptors (Lipinski definition) is 5.